The lowest BCUT2D eigenvalue weighted by molar-refractivity contribution is 0.00578. The van der Waals surface area contributed by atoms with Gasteiger partial charge in [0.2, 0.25) is 0 Å². The van der Waals surface area contributed by atoms with Crippen molar-refractivity contribution >= 4 is 28.5 Å². The van der Waals surface area contributed by atoms with Gasteiger partial charge in [0.15, 0.2) is 0 Å². The van der Waals surface area contributed by atoms with Gasteiger partial charge < -0.3 is 9.31 Å². The van der Waals surface area contributed by atoms with E-state index in [1.54, 1.807) is 0 Å². The van der Waals surface area contributed by atoms with E-state index in [4.69, 9.17) is 9.31 Å². The first-order valence-electron chi connectivity index (χ1n) is 5.85. The fraction of sp³-hybridized carbons (Fsp3) is 0.538. The van der Waals surface area contributed by atoms with Crippen LogP contribution in [0, 0.1) is 6.92 Å². The lowest BCUT2D eigenvalue weighted by Crippen LogP contribution is -2.41. The van der Waals surface area contributed by atoms with Crippen molar-refractivity contribution in [3.63, 3.8) is 0 Å². The Morgan fingerprint density at radius 3 is 2.06 bits per heavy atom. The minimum absolute atomic E-state index is 0.271. The van der Waals surface area contributed by atoms with Gasteiger partial charge in [0.05, 0.1) is 11.2 Å². The van der Waals surface area contributed by atoms with Crippen LogP contribution in [0.2, 0.25) is 0 Å². The number of aryl methyl sites for hydroxylation is 1. The van der Waals surface area contributed by atoms with Gasteiger partial charge in [-0.1, -0.05) is 28.1 Å². The second-order valence-electron chi connectivity index (χ2n) is 5.60. The van der Waals surface area contributed by atoms with Crippen molar-refractivity contribution in [1.29, 1.82) is 0 Å². The number of rotatable bonds is 1. The molecule has 0 spiro atoms. The first kappa shape index (κ1) is 13.1. The van der Waals surface area contributed by atoms with E-state index in [-0.39, 0.29) is 18.3 Å². The van der Waals surface area contributed by atoms with Crippen molar-refractivity contribution in [2.24, 2.45) is 0 Å². The molecule has 0 aliphatic carbocycles. The molecule has 1 saturated heterocycles. The van der Waals surface area contributed by atoms with Gasteiger partial charge >= 0.3 is 7.12 Å². The molecule has 0 aromatic heterocycles. The van der Waals surface area contributed by atoms with Crippen LogP contribution in [0.4, 0.5) is 0 Å². The molecule has 17 heavy (non-hydrogen) atoms. The molecule has 1 aromatic rings. The predicted octanol–water partition coefficient (Wildman–Crippen LogP) is 3.06. The predicted molar refractivity (Wildman–Crippen MR) is 74.6 cm³/mol. The summed E-state index contributed by atoms with van der Waals surface area (Å²) in [5.74, 6) is 0. The summed E-state index contributed by atoms with van der Waals surface area (Å²) in [5, 5.41) is 0. The van der Waals surface area contributed by atoms with Crippen LogP contribution >= 0.6 is 15.9 Å². The molecular formula is C13H18BBrO2. The number of halogens is 1. The van der Waals surface area contributed by atoms with Crippen molar-refractivity contribution in [2.45, 2.75) is 45.8 Å². The molecule has 0 bridgehead atoms. The van der Waals surface area contributed by atoms with Crippen LogP contribution in [0.5, 0.6) is 0 Å². The zero-order valence-electron chi connectivity index (χ0n) is 11.0. The smallest absolute Gasteiger partial charge is 0.399 e. The molecule has 1 fully saturated rings. The molecule has 0 N–H and O–H groups in total. The Hall–Kier alpha value is -0.315. The monoisotopic (exact) mass is 296 g/mol. The van der Waals surface area contributed by atoms with E-state index in [1.807, 2.05) is 12.1 Å². The van der Waals surface area contributed by atoms with Crippen molar-refractivity contribution in [2.75, 3.05) is 0 Å². The van der Waals surface area contributed by atoms with Crippen LogP contribution in [0.15, 0.2) is 22.7 Å². The lowest BCUT2D eigenvalue weighted by atomic mass is 9.78. The standard InChI is InChI=1S/C13H18BBrO2/c1-9-8-10(6-7-11(9)15)14-16-12(2,3)13(4,5)17-14/h6-8H,1-5H3. The van der Waals surface area contributed by atoms with Crippen LogP contribution in [0.1, 0.15) is 33.3 Å². The molecule has 2 rings (SSSR count). The Labute approximate surface area is 112 Å². The summed E-state index contributed by atoms with van der Waals surface area (Å²) in [4.78, 5) is 0. The first-order valence-corrected chi connectivity index (χ1v) is 6.64. The highest BCUT2D eigenvalue weighted by molar-refractivity contribution is 9.10. The fourth-order valence-corrected chi connectivity index (χ4v) is 2.04. The van der Waals surface area contributed by atoms with Gasteiger partial charge in [0.25, 0.3) is 0 Å². The Morgan fingerprint density at radius 1 is 1.06 bits per heavy atom. The van der Waals surface area contributed by atoms with Crippen molar-refractivity contribution in [3.05, 3.63) is 28.2 Å². The summed E-state index contributed by atoms with van der Waals surface area (Å²) in [7, 11) is -0.271. The normalized spacial score (nSPS) is 21.9. The van der Waals surface area contributed by atoms with Crippen LogP contribution in [0.3, 0.4) is 0 Å². The zero-order valence-corrected chi connectivity index (χ0v) is 12.6. The van der Waals surface area contributed by atoms with Crippen LogP contribution < -0.4 is 5.46 Å². The molecule has 0 saturated carbocycles. The van der Waals surface area contributed by atoms with Crippen LogP contribution in [0.25, 0.3) is 0 Å². The van der Waals surface area contributed by atoms with Gasteiger partial charge in [0, 0.05) is 4.47 Å². The molecule has 1 aliphatic heterocycles. The number of benzene rings is 1. The average Bonchev–Trinajstić information content (AvgIpc) is 2.41. The van der Waals surface area contributed by atoms with Gasteiger partial charge in [-0.25, -0.2) is 0 Å². The second kappa shape index (κ2) is 4.11. The van der Waals surface area contributed by atoms with Crippen molar-refractivity contribution in [1.82, 2.24) is 0 Å². The zero-order chi connectivity index (χ0) is 12.8. The molecule has 4 heteroatoms. The number of hydrogen-bond donors (Lipinski definition) is 0. The maximum atomic E-state index is 6.01. The minimum atomic E-state index is -0.279. The molecule has 1 heterocycles. The summed E-state index contributed by atoms with van der Waals surface area (Å²) < 4.78 is 13.1. The maximum Gasteiger partial charge on any atom is 0.494 e. The van der Waals surface area contributed by atoms with Gasteiger partial charge in [0.1, 0.15) is 0 Å². The summed E-state index contributed by atoms with van der Waals surface area (Å²) >= 11 is 3.50. The molecule has 92 valence electrons. The quantitative estimate of drug-likeness (QED) is 0.742. The topological polar surface area (TPSA) is 18.5 Å². The van der Waals surface area contributed by atoms with Gasteiger partial charge in [-0.05, 0) is 51.7 Å². The molecule has 0 radical (unpaired) electrons. The van der Waals surface area contributed by atoms with Crippen LogP contribution in [-0.4, -0.2) is 18.3 Å². The largest absolute Gasteiger partial charge is 0.494 e. The molecule has 1 aliphatic rings. The Balaban J connectivity index is 2.29. The Kier molecular flexibility index (Phi) is 3.17. The molecule has 0 atom stereocenters. The third-order valence-corrected chi connectivity index (χ3v) is 4.60. The highest BCUT2D eigenvalue weighted by atomic mass is 79.9. The summed E-state index contributed by atoms with van der Waals surface area (Å²) in [6.07, 6.45) is 0. The Bertz CT molecular complexity index is 427. The minimum Gasteiger partial charge on any atom is -0.399 e. The molecule has 2 nitrogen and oxygen atoms in total. The van der Waals surface area contributed by atoms with Crippen LogP contribution in [-0.2, 0) is 9.31 Å². The third kappa shape index (κ3) is 2.31. The van der Waals surface area contributed by atoms with Gasteiger partial charge in [-0.3, -0.25) is 0 Å². The Morgan fingerprint density at radius 2 is 1.59 bits per heavy atom. The van der Waals surface area contributed by atoms with Gasteiger partial charge in [-0.15, -0.1) is 0 Å². The highest BCUT2D eigenvalue weighted by Crippen LogP contribution is 2.36. The molecule has 1 aromatic carbocycles. The molecular weight excluding hydrogens is 279 g/mol. The number of hydrogen-bond acceptors (Lipinski definition) is 2. The first-order chi connectivity index (χ1) is 7.73. The average molecular weight is 297 g/mol. The highest BCUT2D eigenvalue weighted by Gasteiger charge is 2.51. The van der Waals surface area contributed by atoms with E-state index in [0.717, 1.165) is 9.94 Å². The lowest BCUT2D eigenvalue weighted by Gasteiger charge is -2.32. The molecule has 0 unspecified atom stereocenters. The third-order valence-electron chi connectivity index (χ3n) is 3.71. The summed E-state index contributed by atoms with van der Waals surface area (Å²) in [5.41, 5.74) is 1.71. The van der Waals surface area contributed by atoms with E-state index in [9.17, 15) is 0 Å². The molecule has 0 amide bonds. The van der Waals surface area contributed by atoms with Gasteiger partial charge in [-0.2, -0.15) is 0 Å². The van der Waals surface area contributed by atoms with E-state index in [2.05, 4.69) is 56.6 Å². The van der Waals surface area contributed by atoms with Crippen molar-refractivity contribution in [3.8, 4) is 0 Å². The van der Waals surface area contributed by atoms with E-state index >= 15 is 0 Å². The fourth-order valence-electron chi connectivity index (χ4n) is 1.79. The second-order valence-corrected chi connectivity index (χ2v) is 6.45. The SMILES string of the molecule is Cc1cc(B2OC(C)(C)C(C)(C)O2)ccc1Br. The van der Waals surface area contributed by atoms with E-state index in [1.165, 1.54) is 5.56 Å². The van der Waals surface area contributed by atoms with Crippen molar-refractivity contribution < 1.29 is 9.31 Å². The maximum absolute atomic E-state index is 6.01. The summed E-state index contributed by atoms with van der Waals surface area (Å²) in [6.45, 7) is 10.3. The van der Waals surface area contributed by atoms with E-state index < -0.39 is 0 Å². The van der Waals surface area contributed by atoms with E-state index in [0.29, 0.717) is 0 Å². The summed E-state index contributed by atoms with van der Waals surface area (Å²) in [6, 6.07) is 6.18.